The molecule has 8 nitrogen and oxygen atoms in total. The summed E-state index contributed by atoms with van der Waals surface area (Å²) in [6, 6.07) is 9.13. The zero-order chi connectivity index (χ0) is 26.8. The van der Waals surface area contributed by atoms with Gasteiger partial charge in [0.25, 0.3) is 5.69 Å². The smallest absolute Gasteiger partial charge is 0.276 e. The van der Waals surface area contributed by atoms with Crippen molar-refractivity contribution < 1.29 is 19.6 Å². The van der Waals surface area contributed by atoms with E-state index >= 15 is 0 Å². The number of amides is 1. The number of carbonyl (C=O) groups is 1. The maximum Gasteiger partial charge on any atom is 0.276 e. The third-order valence-corrected chi connectivity index (χ3v) is 9.37. The number of hydrogen-bond donors (Lipinski definition) is 1. The second-order valence-corrected chi connectivity index (χ2v) is 11.2. The maximum atomic E-state index is 13.4. The summed E-state index contributed by atoms with van der Waals surface area (Å²) in [5.74, 6) is 0.299. The highest BCUT2D eigenvalue weighted by Gasteiger charge is 2.67. The number of carbonyl (C=O) groups excluding carboxylic acids is 1. The van der Waals surface area contributed by atoms with Crippen LogP contribution in [0.5, 0.6) is 11.5 Å². The van der Waals surface area contributed by atoms with Crippen LogP contribution in [0.1, 0.15) is 41.5 Å². The highest BCUT2D eigenvalue weighted by Crippen LogP contribution is 2.65. The van der Waals surface area contributed by atoms with E-state index < -0.39 is 5.41 Å². The van der Waals surface area contributed by atoms with E-state index in [2.05, 4.69) is 11.5 Å². The van der Waals surface area contributed by atoms with Crippen LogP contribution in [0.2, 0.25) is 0 Å². The Balaban J connectivity index is 1.40. The number of likely N-dealkylation sites (tertiary alicyclic amines) is 1. The molecule has 2 aliphatic heterocycles. The number of piperidine rings is 1. The first-order chi connectivity index (χ1) is 18.3. The number of nitro groups is 1. The molecule has 0 unspecified atom stereocenters. The summed E-state index contributed by atoms with van der Waals surface area (Å²) in [6.07, 6.45) is 7.90. The first-order valence-corrected chi connectivity index (χ1v) is 13.3. The average molecular weight is 516 g/mol. The molecule has 1 amide bonds. The summed E-state index contributed by atoms with van der Waals surface area (Å²) >= 11 is 0. The number of aromatic hydroxyl groups is 1. The number of hydrogen-bond acceptors (Lipinski definition) is 6. The van der Waals surface area contributed by atoms with Crippen molar-refractivity contribution >= 4 is 17.7 Å². The van der Waals surface area contributed by atoms with Gasteiger partial charge in [-0.05, 0) is 56.7 Å². The quantitative estimate of drug-likeness (QED) is 0.266. The van der Waals surface area contributed by atoms with Gasteiger partial charge in [-0.25, -0.2) is 0 Å². The number of likely N-dealkylation sites (N-methyl/N-ethyl adjacent to an activating group) is 1. The summed E-state index contributed by atoms with van der Waals surface area (Å²) in [5.41, 5.74) is 3.06. The van der Waals surface area contributed by atoms with Gasteiger partial charge >= 0.3 is 0 Å². The fraction of sp³-hybridized carbons (Fsp3) is 0.433. The van der Waals surface area contributed by atoms with Crippen LogP contribution >= 0.6 is 0 Å². The number of phenolic OH excluding ortho intramolecular Hbond substituents is 1. The Bertz CT molecular complexity index is 1370. The van der Waals surface area contributed by atoms with Crippen molar-refractivity contribution in [1.82, 2.24) is 9.80 Å². The fourth-order valence-electron chi connectivity index (χ4n) is 7.84. The topological polar surface area (TPSA) is 96.2 Å². The molecule has 38 heavy (non-hydrogen) atoms. The summed E-state index contributed by atoms with van der Waals surface area (Å²) in [6.45, 7) is 7.49. The normalized spacial score (nSPS) is 29.0. The van der Waals surface area contributed by atoms with E-state index in [0.717, 1.165) is 49.0 Å². The van der Waals surface area contributed by atoms with Crippen molar-refractivity contribution in [2.75, 3.05) is 20.1 Å². The third-order valence-electron chi connectivity index (χ3n) is 9.37. The fourth-order valence-corrected chi connectivity index (χ4v) is 7.84. The van der Waals surface area contributed by atoms with Gasteiger partial charge in [0, 0.05) is 42.3 Å². The van der Waals surface area contributed by atoms with Crippen molar-refractivity contribution in [3.05, 3.63) is 81.4 Å². The Morgan fingerprint density at radius 3 is 2.92 bits per heavy atom. The molecule has 2 bridgehead atoms. The lowest BCUT2D eigenvalue weighted by molar-refractivity contribution is -0.385. The van der Waals surface area contributed by atoms with Gasteiger partial charge in [-0.15, -0.1) is 6.58 Å². The molecular weight excluding hydrogens is 482 g/mol. The van der Waals surface area contributed by atoms with E-state index in [4.69, 9.17) is 4.74 Å². The molecule has 2 heterocycles. The summed E-state index contributed by atoms with van der Waals surface area (Å²) in [7, 11) is 1.81. The Morgan fingerprint density at radius 2 is 2.18 bits per heavy atom. The minimum absolute atomic E-state index is 0.0404. The number of ether oxygens (including phenoxy) is 1. The molecule has 4 aliphatic rings. The monoisotopic (exact) mass is 515 g/mol. The molecule has 2 aromatic rings. The highest BCUT2D eigenvalue weighted by atomic mass is 16.6. The molecule has 6 rings (SSSR count). The number of rotatable bonds is 6. The lowest BCUT2D eigenvalue weighted by atomic mass is 9.50. The lowest BCUT2D eigenvalue weighted by Crippen LogP contribution is -2.68. The van der Waals surface area contributed by atoms with Crippen LogP contribution in [0, 0.1) is 23.0 Å². The molecule has 2 aliphatic carbocycles. The number of nitro benzene ring substituents is 1. The van der Waals surface area contributed by atoms with Crippen molar-refractivity contribution in [2.24, 2.45) is 5.92 Å². The van der Waals surface area contributed by atoms with Crippen LogP contribution in [-0.2, 0) is 16.6 Å². The number of nitrogens with zero attached hydrogens (tertiary/aromatic N) is 3. The van der Waals surface area contributed by atoms with Crippen molar-refractivity contribution in [1.29, 1.82) is 0 Å². The largest absolute Gasteiger partial charge is 0.504 e. The van der Waals surface area contributed by atoms with Gasteiger partial charge in [0.1, 0.15) is 6.10 Å². The van der Waals surface area contributed by atoms with Crippen LogP contribution in [0.3, 0.4) is 0 Å². The Kier molecular flexibility index (Phi) is 5.83. The zero-order valence-corrected chi connectivity index (χ0v) is 21.8. The zero-order valence-electron chi connectivity index (χ0n) is 21.8. The summed E-state index contributed by atoms with van der Waals surface area (Å²) in [4.78, 5) is 29.2. The second kappa shape index (κ2) is 8.98. The van der Waals surface area contributed by atoms with Gasteiger partial charge in [-0.1, -0.05) is 35.9 Å². The molecule has 0 aromatic heterocycles. The first-order valence-electron chi connectivity index (χ1n) is 13.3. The van der Waals surface area contributed by atoms with Gasteiger partial charge in [-0.2, -0.15) is 0 Å². The molecule has 1 spiro atoms. The minimum atomic E-state index is -0.480. The van der Waals surface area contributed by atoms with Gasteiger partial charge in [0.05, 0.1) is 17.0 Å². The molecule has 2 fully saturated rings. The predicted octanol–water partition coefficient (Wildman–Crippen LogP) is 4.37. The second-order valence-electron chi connectivity index (χ2n) is 11.2. The molecule has 1 saturated carbocycles. The predicted molar refractivity (Wildman–Crippen MR) is 144 cm³/mol. The van der Waals surface area contributed by atoms with Crippen molar-refractivity contribution in [3.8, 4) is 11.5 Å². The van der Waals surface area contributed by atoms with E-state index in [9.17, 15) is 20.0 Å². The lowest BCUT2D eigenvalue weighted by Gasteiger charge is -2.60. The molecule has 0 radical (unpaired) electrons. The van der Waals surface area contributed by atoms with E-state index in [0.29, 0.717) is 17.7 Å². The van der Waals surface area contributed by atoms with Gasteiger partial charge in [0.15, 0.2) is 11.5 Å². The summed E-state index contributed by atoms with van der Waals surface area (Å²) < 4.78 is 6.57. The minimum Gasteiger partial charge on any atom is -0.504 e. The van der Waals surface area contributed by atoms with E-state index in [1.807, 2.05) is 50.4 Å². The van der Waals surface area contributed by atoms with E-state index in [-0.39, 0.29) is 46.4 Å². The maximum absolute atomic E-state index is 13.4. The summed E-state index contributed by atoms with van der Waals surface area (Å²) in [5, 5.41) is 23.0. The number of phenols is 1. The van der Waals surface area contributed by atoms with Crippen molar-refractivity contribution in [2.45, 2.75) is 56.2 Å². The Morgan fingerprint density at radius 1 is 1.37 bits per heavy atom. The standard InChI is InChI=1S/C30H33N3O5/c1-4-13-32-14-12-30-21-9-10-22(31(3)26(35)11-8-19-7-5-6-18(2)15-19)29(30)38-28-25(34)17-23(33(36)37)20(27(28)30)16-24(21)32/h4-8,11,15,17,21-22,24,29,34H,1,9-10,12-14,16H2,2-3H3/t21-,22+,24+,29-,30-/m0/s1. The molecule has 2 aromatic carbocycles. The molecule has 5 atom stereocenters. The van der Waals surface area contributed by atoms with Gasteiger partial charge < -0.3 is 14.7 Å². The van der Waals surface area contributed by atoms with Crippen LogP contribution in [-0.4, -0.2) is 64.1 Å². The van der Waals surface area contributed by atoms with Crippen LogP contribution < -0.4 is 4.74 Å². The highest BCUT2D eigenvalue weighted by molar-refractivity contribution is 5.92. The van der Waals surface area contributed by atoms with Gasteiger partial charge in [-0.3, -0.25) is 19.8 Å². The van der Waals surface area contributed by atoms with Crippen molar-refractivity contribution in [3.63, 3.8) is 0 Å². The number of aryl methyl sites for hydroxylation is 1. The van der Waals surface area contributed by atoms with Crippen LogP contribution in [0.25, 0.3) is 6.08 Å². The SMILES string of the molecule is C=CCN1CC[C@]23c4c5c([N+](=O)[O-])cc(O)c4O[C@H]2[C@H](N(C)C(=O)C=Cc2cccc(C)c2)CC[C@H]3[C@H]1C5. The van der Waals surface area contributed by atoms with Crippen LogP contribution in [0.4, 0.5) is 5.69 Å². The molecule has 1 saturated heterocycles. The van der Waals surface area contributed by atoms with Gasteiger partial charge in [0.2, 0.25) is 5.91 Å². The average Bonchev–Trinajstić information content (AvgIpc) is 3.24. The molecule has 8 heteroatoms. The first kappa shape index (κ1) is 24.7. The Hall–Kier alpha value is -3.65. The van der Waals surface area contributed by atoms with Crippen LogP contribution in [0.15, 0.2) is 49.1 Å². The molecule has 198 valence electrons. The molecule has 1 N–H and O–H groups in total. The van der Waals surface area contributed by atoms with E-state index in [1.165, 1.54) is 6.07 Å². The number of benzene rings is 2. The third kappa shape index (κ3) is 3.50. The molecular formula is C30H33N3O5. The Labute approximate surface area is 222 Å². The van der Waals surface area contributed by atoms with E-state index in [1.54, 1.807) is 11.0 Å².